The van der Waals surface area contributed by atoms with Gasteiger partial charge in [-0.1, -0.05) is 15.9 Å². The quantitative estimate of drug-likeness (QED) is 0.871. The molecule has 0 fully saturated rings. The van der Waals surface area contributed by atoms with Crippen molar-refractivity contribution in [2.45, 2.75) is 19.5 Å². The van der Waals surface area contributed by atoms with Crippen molar-refractivity contribution in [3.05, 3.63) is 39.4 Å². The number of nitrogens with one attached hydrogen (secondary N) is 1. The standard InChI is InChI=1S/C14H18BrN3O2/c1-10(8-20-2)16-5-6-18-9-17-13-4-3-11(15)7-12(13)14(18)19/h3-4,7,9-10,16H,5-6,8H2,1-2H3. The number of ether oxygens (including phenoxy) is 1. The van der Waals surface area contributed by atoms with E-state index in [-0.39, 0.29) is 11.6 Å². The Morgan fingerprint density at radius 1 is 1.50 bits per heavy atom. The first-order chi connectivity index (χ1) is 9.61. The lowest BCUT2D eigenvalue weighted by molar-refractivity contribution is 0.172. The van der Waals surface area contributed by atoms with E-state index in [9.17, 15) is 4.79 Å². The van der Waals surface area contributed by atoms with Crippen LogP contribution in [0.5, 0.6) is 0 Å². The molecule has 2 aromatic rings. The molecule has 5 nitrogen and oxygen atoms in total. The van der Waals surface area contributed by atoms with Gasteiger partial charge in [0.25, 0.3) is 5.56 Å². The van der Waals surface area contributed by atoms with Gasteiger partial charge in [0, 0.05) is 30.7 Å². The zero-order valence-electron chi connectivity index (χ0n) is 11.6. The molecular formula is C14H18BrN3O2. The van der Waals surface area contributed by atoms with E-state index in [0.717, 1.165) is 9.99 Å². The lowest BCUT2D eigenvalue weighted by Gasteiger charge is -2.13. The van der Waals surface area contributed by atoms with Crippen molar-refractivity contribution in [2.24, 2.45) is 0 Å². The first-order valence-corrected chi connectivity index (χ1v) is 7.28. The van der Waals surface area contributed by atoms with Crippen LogP contribution in [0.15, 0.2) is 33.8 Å². The number of benzene rings is 1. The summed E-state index contributed by atoms with van der Waals surface area (Å²) >= 11 is 3.38. The zero-order valence-corrected chi connectivity index (χ0v) is 13.2. The predicted octanol–water partition coefficient (Wildman–Crippen LogP) is 1.78. The second kappa shape index (κ2) is 6.97. The largest absolute Gasteiger partial charge is 0.383 e. The molecule has 1 atom stereocenters. The SMILES string of the molecule is COCC(C)NCCn1cnc2ccc(Br)cc2c1=O. The van der Waals surface area contributed by atoms with Crippen LogP contribution >= 0.6 is 15.9 Å². The number of aromatic nitrogens is 2. The molecule has 0 aliphatic heterocycles. The molecule has 0 saturated carbocycles. The molecule has 0 radical (unpaired) electrons. The fourth-order valence-corrected chi connectivity index (χ4v) is 2.39. The summed E-state index contributed by atoms with van der Waals surface area (Å²) in [5.41, 5.74) is 0.702. The number of hydrogen-bond donors (Lipinski definition) is 1. The van der Waals surface area contributed by atoms with Crippen LogP contribution < -0.4 is 10.9 Å². The number of hydrogen-bond acceptors (Lipinski definition) is 4. The Morgan fingerprint density at radius 2 is 2.30 bits per heavy atom. The minimum Gasteiger partial charge on any atom is -0.383 e. The molecule has 0 spiro atoms. The molecule has 1 aromatic carbocycles. The third-order valence-corrected chi connectivity index (χ3v) is 3.54. The Kier molecular flexibility index (Phi) is 5.28. The van der Waals surface area contributed by atoms with E-state index in [0.29, 0.717) is 25.1 Å². The highest BCUT2D eigenvalue weighted by atomic mass is 79.9. The van der Waals surface area contributed by atoms with Gasteiger partial charge in [-0.25, -0.2) is 4.98 Å². The van der Waals surface area contributed by atoms with Crippen LogP contribution in [0.1, 0.15) is 6.92 Å². The third kappa shape index (κ3) is 3.65. The average Bonchev–Trinajstić information content (AvgIpc) is 2.42. The Morgan fingerprint density at radius 3 is 3.05 bits per heavy atom. The molecule has 2 rings (SSSR count). The maximum atomic E-state index is 12.3. The lowest BCUT2D eigenvalue weighted by atomic mass is 10.2. The first kappa shape index (κ1) is 15.2. The summed E-state index contributed by atoms with van der Waals surface area (Å²) in [4.78, 5) is 16.6. The van der Waals surface area contributed by atoms with Gasteiger partial charge in [0.2, 0.25) is 0 Å². The number of methoxy groups -OCH3 is 1. The van der Waals surface area contributed by atoms with E-state index in [2.05, 4.69) is 26.2 Å². The maximum Gasteiger partial charge on any atom is 0.261 e. The maximum absolute atomic E-state index is 12.3. The van der Waals surface area contributed by atoms with Gasteiger partial charge in [0.15, 0.2) is 0 Å². The molecule has 0 aliphatic carbocycles. The lowest BCUT2D eigenvalue weighted by Crippen LogP contribution is -2.34. The van der Waals surface area contributed by atoms with E-state index < -0.39 is 0 Å². The Hall–Kier alpha value is -1.24. The third-order valence-electron chi connectivity index (χ3n) is 3.05. The first-order valence-electron chi connectivity index (χ1n) is 6.49. The predicted molar refractivity (Wildman–Crippen MR) is 83.0 cm³/mol. The second-order valence-corrected chi connectivity index (χ2v) is 5.63. The van der Waals surface area contributed by atoms with Crippen LogP contribution in [-0.4, -0.2) is 35.9 Å². The van der Waals surface area contributed by atoms with Crippen molar-refractivity contribution in [1.82, 2.24) is 14.9 Å². The van der Waals surface area contributed by atoms with Crippen molar-refractivity contribution in [2.75, 3.05) is 20.3 Å². The highest BCUT2D eigenvalue weighted by Crippen LogP contribution is 2.14. The molecule has 1 unspecified atom stereocenters. The van der Waals surface area contributed by atoms with Crippen LogP contribution in [0.2, 0.25) is 0 Å². The molecule has 6 heteroatoms. The zero-order chi connectivity index (χ0) is 14.5. The van der Waals surface area contributed by atoms with Gasteiger partial charge in [0.1, 0.15) is 0 Å². The van der Waals surface area contributed by atoms with E-state index in [4.69, 9.17) is 4.74 Å². The van der Waals surface area contributed by atoms with Crippen LogP contribution in [0.25, 0.3) is 10.9 Å². The van der Waals surface area contributed by atoms with Gasteiger partial charge in [-0.15, -0.1) is 0 Å². The number of fused-ring (bicyclic) bond motifs is 1. The minimum atomic E-state index is -0.0162. The summed E-state index contributed by atoms with van der Waals surface area (Å²) in [6, 6.07) is 5.79. The second-order valence-electron chi connectivity index (χ2n) is 4.72. The fourth-order valence-electron chi connectivity index (χ4n) is 2.03. The number of rotatable bonds is 6. The summed E-state index contributed by atoms with van der Waals surface area (Å²) in [6.45, 7) is 3.98. The van der Waals surface area contributed by atoms with E-state index in [1.54, 1.807) is 18.0 Å². The molecule has 0 saturated heterocycles. The molecule has 1 heterocycles. The van der Waals surface area contributed by atoms with Gasteiger partial charge >= 0.3 is 0 Å². The topological polar surface area (TPSA) is 56.1 Å². The van der Waals surface area contributed by atoms with E-state index in [1.165, 1.54) is 0 Å². The van der Waals surface area contributed by atoms with Crippen LogP contribution in [-0.2, 0) is 11.3 Å². The molecule has 0 aliphatic rings. The van der Waals surface area contributed by atoms with Crippen molar-refractivity contribution in [3.8, 4) is 0 Å². The number of nitrogens with zero attached hydrogens (tertiary/aromatic N) is 2. The summed E-state index contributed by atoms with van der Waals surface area (Å²) < 4.78 is 7.56. The van der Waals surface area contributed by atoms with Gasteiger partial charge < -0.3 is 10.1 Å². The minimum absolute atomic E-state index is 0.0162. The average molecular weight is 340 g/mol. The molecule has 1 aromatic heterocycles. The molecule has 0 bridgehead atoms. The van der Waals surface area contributed by atoms with Gasteiger partial charge in [-0.2, -0.15) is 0 Å². The van der Waals surface area contributed by atoms with Gasteiger partial charge in [-0.3, -0.25) is 9.36 Å². The monoisotopic (exact) mass is 339 g/mol. The summed E-state index contributed by atoms with van der Waals surface area (Å²) in [5, 5.41) is 3.93. The molecule has 1 N–H and O–H groups in total. The molecule has 0 amide bonds. The van der Waals surface area contributed by atoms with Crippen molar-refractivity contribution >= 4 is 26.8 Å². The summed E-state index contributed by atoms with van der Waals surface area (Å²) in [7, 11) is 1.67. The Balaban J connectivity index is 2.11. The molecule has 20 heavy (non-hydrogen) atoms. The van der Waals surface area contributed by atoms with Gasteiger partial charge in [0.05, 0.1) is 23.8 Å². The molecular weight excluding hydrogens is 322 g/mol. The fraction of sp³-hybridized carbons (Fsp3) is 0.429. The van der Waals surface area contributed by atoms with Crippen LogP contribution in [0.4, 0.5) is 0 Å². The van der Waals surface area contributed by atoms with E-state index in [1.807, 2.05) is 25.1 Å². The van der Waals surface area contributed by atoms with Gasteiger partial charge in [-0.05, 0) is 25.1 Å². The van der Waals surface area contributed by atoms with Crippen molar-refractivity contribution < 1.29 is 4.74 Å². The van der Waals surface area contributed by atoms with Crippen LogP contribution in [0, 0.1) is 0 Å². The summed E-state index contributed by atoms with van der Waals surface area (Å²) in [6.07, 6.45) is 1.60. The van der Waals surface area contributed by atoms with Crippen LogP contribution in [0.3, 0.4) is 0 Å². The normalized spacial score (nSPS) is 12.8. The summed E-state index contributed by atoms with van der Waals surface area (Å²) in [5.74, 6) is 0. The Bertz CT molecular complexity index is 642. The Labute approximate surface area is 126 Å². The molecule has 108 valence electrons. The van der Waals surface area contributed by atoms with Crippen molar-refractivity contribution in [3.63, 3.8) is 0 Å². The highest BCUT2D eigenvalue weighted by molar-refractivity contribution is 9.10. The number of halogens is 1. The smallest absolute Gasteiger partial charge is 0.261 e. The van der Waals surface area contributed by atoms with Crippen molar-refractivity contribution in [1.29, 1.82) is 0 Å². The van der Waals surface area contributed by atoms with E-state index >= 15 is 0 Å². The highest BCUT2D eigenvalue weighted by Gasteiger charge is 2.05.